The lowest BCUT2D eigenvalue weighted by Crippen LogP contribution is -2.79. The molecule has 0 radical (unpaired) electrons. The number of Topliss-reactive ketones (excluding diaryl/α,β-unsaturated/α-hetero) is 2. The molecule has 0 amide bonds. The van der Waals surface area contributed by atoms with Crippen LogP contribution in [0.2, 0.25) is 0 Å². The molecule has 190 valence electrons. The minimum atomic E-state index is -1.99. The number of allylic oxidation sites excluding steroid dienone is 1. The average molecular weight is 505 g/mol. The quantitative estimate of drug-likeness (QED) is 0.522. The molecule has 3 N–H and O–H groups in total. The first kappa shape index (κ1) is 24.8. The Morgan fingerprint density at radius 2 is 1.91 bits per heavy atom. The number of ketones is 2. The SMILES string of the molecule is CC1=C2[C@@H](O)C(=O)[C@@]3(C)[C@H]([C@H](OC(=O)c4ccsc4)[C@](O)(CC1=O)C2(C)C)[C@]1(O)CO[C@@H]1C[C@@H]3C. The van der Waals surface area contributed by atoms with Crippen LogP contribution in [0.1, 0.15) is 57.8 Å². The largest absolute Gasteiger partial charge is 0.455 e. The van der Waals surface area contributed by atoms with E-state index in [9.17, 15) is 29.7 Å². The van der Waals surface area contributed by atoms with Crippen molar-refractivity contribution in [2.45, 2.75) is 77.0 Å². The van der Waals surface area contributed by atoms with Crippen molar-refractivity contribution in [2.75, 3.05) is 6.61 Å². The molecule has 4 aliphatic rings. The second-order valence-electron chi connectivity index (χ2n) is 11.5. The molecular formula is C26H32O8S. The number of fused-ring (bicyclic) bond motifs is 5. The molecule has 1 saturated heterocycles. The number of carbonyl (C=O) groups is 3. The topological polar surface area (TPSA) is 130 Å². The van der Waals surface area contributed by atoms with Gasteiger partial charge >= 0.3 is 5.97 Å². The van der Waals surface area contributed by atoms with Crippen LogP contribution in [0.4, 0.5) is 0 Å². The fraction of sp³-hybridized carbons (Fsp3) is 0.654. The van der Waals surface area contributed by atoms with E-state index < -0.39 is 63.8 Å². The molecule has 2 heterocycles. The van der Waals surface area contributed by atoms with Gasteiger partial charge in [0.1, 0.15) is 23.4 Å². The number of thiophene rings is 1. The zero-order valence-electron chi connectivity index (χ0n) is 20.5. The molecule has 1 aromatic heterocycles. The average Bonchev–Trinajstić information content (AvgIpc) is 3.32. The molecule has 8 nitrogen and oxygen atoms in total. The third-order valence-electron chi connectivity index (χ3n) is 9.67. The summed E-state index contributed by atoms with van der Waals surface area (Å²) in [6.07, 6.45) is -3.69. The van der Waals surface area contributed by atoms with E-state index in [1.165, 1.54) is 11.3 Å². The van der Waals surface area contributed by atoms with Crippen molar-refractivity contribution >= 4 is 28.9 Å². The monoisotopic (exact) mass is 504 g/mol. The second kappa shape index (κ2) is 7.55. The van der Waals surface area contributed by atoms with E-state index in [4.69, 9.17) is 9.47 Å². The van der Waals surface area contributed by atoms with Gasteiger partial charge in [0.05, 0.1) is 18.3 Å². The summed E-state index contributed by atoms with van der Waals surface area (Å²) in [5.74, 6) is -3.19. The number of carbonyl (C=O) groups excluding carboxylic acids is 3. The first-order valence-corrected chi connectivity index (χ1v) is 12.9. The molecule has 1 aromatic rings. The van der Waals surface area contributed by atoms with Crippen LogP contribution in [-0.4, -0.2) is 69.0 Å². The standard InChI is InChI=1S/C26H32O8S/c1-12-8-16-25(31,11-33-16)19-21(34-22(30)14-6-7-35-10-14)26(32)9-15(27)13(2)17(23(26,3)4)18(28)20(29)24(12,19)5/h6-7,10,12,16,18-19,21,28,31-32H,8-9,11H2,1-5H3/t12-,16+,18+,19-,21-,24+,25-,26+/m0/s1. The lowest BCUT2D eigenvalue weighted by atomic mass is 9.43. The van der Waals surface area contributed by atoms with E-state index in [1.54, 1.807) is 44.5 Å². The van der Waals surface area contributed by atoms with Gasteiger partial charge in [0.25, 0.3) is 0 Å². The number of aliphatic hydroxyl groups excluding tert-OH is 1. The highest BCUT2D eigenvalue weighted by molar-refractivity contribution is 7.08. The van der Waals surface area contributed by atoms with Crippen molar-refractivity contribution in [1.29, 1.82) is 0 Å². The maximum atomic E-state index is 14.1. The Morgan fingerprint density at radius 3 is 2.49 bits per heavy atom. The van der Waals surface area contributed by atoms with Gasteiger partial charge in [-0.2, -0.15) is 11.3 Å². The normalized spacial score (nSPS) is 44.5. The van der Waals surface area contributed by atoms with Gasteiger partial charge < -0.3 is 24.8 Å². The van der Waals surface area contributed by atoms with Crippen LogP contribution in [0, 0.1) is 22.7 Å². The second-order valence-corrected chi connectivity index (χ2v) is 12.3. The maximum absolute atomic E-state index is 14.1. The number of hydrogen-bond donors (Lipinski definition) is 3. The summed E-state index contributed by atoms with van der Waals surface area (Å²) in [4.78, 5) is 40.6. The van der Waals surface area contributed by atoms with Gasteiger partial charge in [-0.3, -0.25) is 9.59 Å². The van der Waals surface area contributed by atoms with Crippen LogP contribution < -0.4 is 0 Å². The molecule has 3 fully saturated rings. The zero-order valence-corrected chi connectivity index (χ0v) is 21.3. The van der Waals surface area contributed by atoms with Crippen molar-refractivity contribution in [3.63, 3.8) is 0 Å². The molecular weight excluding hydrogens is 472 g/mol. The van der Waals surface area contributed by atoms with Gasteiger partial charge in [0, 0.05) is 28.5 Å². The smallest absolute Gasteiger partial charge is 0.339 e. The number of esters is 1. The Balaban J connectivity index is 1.79. The summed E-state index contributed by atoms with van der Waals surface area (Å²) < 4.78 is 11.7. The molecule has 0 unspecified atom stereocenters. The number of hydrogen-bond acceptors (Lipinski definition) is 9. The molecule has 5 rings (SSSR count). The number of aliphatic hydroxyl groups is 3. The Hall–Kier alpha value is -1.91. The van der Waals surface area contributed by atoms with Crippen LogP contribution in [-0.2, 0) is 19.1 Å². The fourth-order valence-electron chi connectivity index (χ4n) is 7.18. The lowest BCUT2D eigenvalue weighted by Gasteiger charge is -2.67. The Labute approximate surface area is 207 Å². The summed E-state index contributed by atoms with van der Waals surface area (Å²) in [7, 11) is 0. The molecule has 8 atom stereocenters. The van der Waals surface area contributed by atoms with Crippen molar-refractivity contribution < 1.29 is 39.2 Å². The molecule has 9 heteroatoms. The number of rotatable bonds is 2. The predicted molar refractivity (Wildman–Crippen MR) is 126 cm³/mol. The Morgan fingerprint density at radius 1 is 1.23 bits per heavy atom. The van der Waals surface area contributed by atoms with Crippen molar-refractivity contribution in [2.24, 2.45) is 22.7 Å². The summed E-state index contributed by atoms with van der Waals surface area (Å²) in [5, 5.41) is 39.1. The first-order valence-electron chi connectivity index (χ1n) is 12.0. The Bertz CT molecular complexity index is 1140. The molecule has 3 aliphatic carbocycles. The third kappa shape index (κ3) is 2.96. The van der Waals surface area contributed by atoms with Gasteiger partial charge in [-0.1, -0.05) is 27.7 Å². The first-order chi connectivity index (χ1) is 16.2. The highest BCUT2D eigenvalue weighted by Crippen LogP contribution is 2.63. The van der Waals surface area contributed by atoms with Gasteiger partial charge in [0.2, 0.25) is 0 Å². The van der Waals surface area contributed by atoms with Crippen molar-refractivity contribution in [3.8, 4) is 0 Å². The van der Waals surface area contributed by atoms with Crippen LogP contribution >= 0.6 is 11.3 Å². The van der Waals surface area contributed by atoms with Gasteiger partial charge in [-0.15, -0.1) is 0 Å². The van der Waals surface area contributed by atoms with E-state index in [-0.39, 0.29) is 35.7 Å². The van der Waals surface area contributed by atoms with E-state index >= 15 is 0 Å². The van der Waals surface area contributed by atoms with E-state index in [2.05, 4.69) is 0 Å². The van der Waals surface area contributed by atoms with Crippen LogP contribution in [0.3, 0.4) is 0 Å². The molecule has 35 heavy (non-hydrogen) atoms. The fourth-order valence-corrected chi connectivity index (χ4v) is 7.81. The summed E-state index contributed by atoms with van der Waals surface area (Å²) in [6, 6.07) is 1.59. The van der Waals surface area contributed by atoms with Crippen LogP contribution in [0.25, 0.3) is 0 Å². The maximum Gasteiger partial charge on any atom is 0.339 e. The molecule has 2 saturated carbocycles. The van der Waals surface area contributed by atoms with Crippen molar-refractivity contribution in [3.05, 3.63) is 33.5 Å². The third-order valence-corrected chi connectivity index (χ3v) is 10.4. The minimum absolute atomic E-state index is 0.104. The highest BCUT2D eigenvalue weighted by atomic mass is 32.1. The highest BCUT2D eigenvalue weighted by Gasteiger charge is 2.75. The Kier molecular flexibility index (Phi) is 5.34. The van der Waals surface area contributed by atoms with Gasteiger partial charge in [-0.25, -0.2) is 4.79 Å². The summed E-state index contributed by atoms with van der Waals surface area (Å²) >= 11 is 1.31. The number of ether oxygens (including phenoxy) is 2. The van der Waals surface area contributed by atoms with E-state index in [0.717, 1.165) is 0 Å². The predicted octanol–water partition coefficient (Wildman–Crippen LogP) is 2.06. The van der Waals surface area contributed by atoms with Gasteiger partial charge in [-0.05, 0) is 41.9 Å². The molecule has 1 aliphatic heterocycles. The van der Waals surface area contributed by atoms with Crippen LogP contribution in [0.15, 0.2) is 28.0 Å². The molecule has 0 aromatic carbocycles. The van der Waals surface area contributed by atoms with E-state index in [0.29, 0.717) is 6.42 Å². The molecule has 2 bridgehead atoms. The van der Waals surface area contributed by atoms with Gasteiger partial charge in [0.15, 0.2) is 11.6 Å². The summed E-state index contributed by atoms with van der Waals surface area (Å²) in [5.41, 5.74) is -5.62. The minimum Gasteiger partial charge on any atom is -0.455 e. The van der Waals surface area contributed by atoms with E-state index in [1.807, 2.05) is 6.92 Å². The van der Waals surface area contributed by atoms with Crippen LogP contribution in [0.5, 0.6) is 0 Å². The molecule has 0 spiro atoms. The van der Waals surface area contributed by atoms with Crippen molar-refractivity contribution in [1.82, 2.24) is 0 Å². The summed E-state index contributed by atoms with van der Waals surface area (Å²) in [6.45, 7) is 8.25. The zero-order chi connectivity index (χ0) is 25.7. The lowest BCUT2D eigenvalue weighted by molar-refractivity contribution is -0.336.